The van der Waals surface area contributed by atoms with Crippen molar-refractivity contribution < 1.29 is 19.4 Å². The maximum absolute atomic E-state index is 12.6. The number of aliphatic hydroxyl groups is 1. The summed E-state index contributed by atoms with van der Waals surface area (Å²) < 4.78 is 7.57. The highest BCUT2D eigenvalue weighted by atomic mass is 79.9. The van der Waals surface area contributed by atoms with Crippen LogP contribution < -0.4 is 4.74 Å². The molecule has 1 aromatic heterocycles. The maximum atomic E-state index is 12.6. The molecule has 164 valence electrons. The van der Waals surface area contributed by atoms with Gasteiger partial charge in [-0.2, -0.15) is 0 Å². The van der Waals surface area contributed by atoms with Crippen molar-refractivity contribution in [2.75, 3.05) is 6.54 Å². The van der Waals surface area contributed by atoms with Crippen LogP contribution in [0.1, 0.15) is 46.2 Å². The van der Waals surface area contributed by atoms with Crippen LogP contribution in [0.3, 0.4) is 0 Å². The van der Waals surface area contributed by atoms with E-state index in [2.05, 4.69) is 31.5 Å². The van der Waals surface area contributed by atoms with Crippen LogP contribution in [0, 0.1) is 0 Å². The predicted octanol–water partition coefficient (Wildman–Crippen LogP) is 2.60. The number of halogens is 1. The summed E-state index contributed by atoms with van der Waals surface area (Å²) in [5.41, 5.74) is 1.58. The molecule has 0 saturated heterocycles. The monoisotopic (exact) mass is 497 g/mol. The number of nitrogens with zero attached hydrogens (tertiary/aromatic N) is 5. The standard InChI is InChI=1S/C22H20BrN5O4/c1-22(2)18(23)17(29)15-11-12(7-8-16(15)32-22)19-24-25-26-28(19)10-9-27-20(30)13-5-3-4-6-14(13)21(27)31/h3-8,11,17-18,29H,9-10H2,1-2H3/t17-,18+/m1/s1. The largest absolute Gasteiger partial charge is 0.486 e. The average molecular weight is 498 g/mol. The molecule has 0 spiro atoms. The Kier molecular flexibility index (Phi) is 4.86. The number of hydrogen-bond acceptors (Lipinski definition) is 7. The number of rotatable bonds is 4. The van der Waals surface area contributed by atoms with Gasteiger partial charge in [-0.3, -0.25) is 14.5 Å². The number of tetrazole rings is 1. The van der Waals surface area contributed by atoms with Gasteiger partial charge in [0.1, 0.15) is 11.4 Å². The van der Waals surface area contributed by atoms with E-state index < -0.39 is 11.7 Å². The highest BCUT2D eigenvalue weighted by Gasteiger charge is 2.42. The predicted molar refractivity (Wildman–Crippen MR) is 117 cm³/mol. The van der Waals surface area contributed by atoms with Crippen molar-refractivity contribution in [3.63, 3.8) is 0 Å². The summed E-state index contributed by atoms with van der Waals surface area (Å²) in [6.45, 7) is 4.19. The summed E-state index contributed by atoms with van der Waals surface area (Å²) in [6, 6.07) is 12.2. The molecule has 0 aliphatic carbocycles. The second-order valence-electron chi connectivity index (χ2n) is 8.34. The number of imide groups is 1. The molecule has 0 fully saturated rings. The molecule has 3 aromatic rings. The molecule has 2 aromatic carbocycles. The Bertz CT molecular complexity index is 1210. The van der Waals surface area contributed by atoms with Crippen LogP contribution in [-0.4, -0.2) is 59.0 Å². The maximum Gasteiger partial charge on any atom is 0.261 e. The lowest BCUT2D eigenvalue weighted by atomic mass is 9.90. The molecule has 2 aliphatic rings. The number of carbonyl (C=O) groups is 2. The number of ether oxygens (including phenoxy) is 1. The molecular formula is C22H20BrN5O4. The van der Waals surface area contributed by atoms with Gasteiger partial charge in [-0.1, -0.05) is 28.1 Å². The number of aliphatic hydroxyl groups excluding tert-OH is 1. The first kappa shape index (κ1) is 20.8. The van der Waals surface area contributed by atoms with E-state index in [1.165, 1.54) is 9.58 Å². The number of alkyl halides is 1. The van der Waals surface area contributed by atoms with Crippen LogP contribution in [0.25, 0.3) is 11.4 Å². The number of benzene rings is 2. The summed E-state index contributed by atoms with van der Waals surface area (Å²) in [6.07, 6.45) is -0.767. The highest BCUT2D eigenvalue weighted by molar-refractivity contribution is 9.09. The van der Waals surface area contributed by atoms with Gasteiger partial charge in [-0.05, 0) is 54.6 Å². The fourth-order valence-corrected chi connectivity index (χ4v) is 4.47. The first-order valence-corrected chi connectivity index (χ1v) is 11.1. The molecule has 2 aliphatic heterocycles. The van der Waals surface area contributed by atoms with Crippen molar-refractivity contribution in [3.8, 4) is 17.1 Å². The van der Waals surface area contributed by atoms with E-state index in [0.29, 0.717) is 33.8 Å². The Morgan fingerprint density at radius 2 is 1.78 bits per heavy atom. The first-order chi connectivity index (χ1) is 15.3. The summed E-state index contributed by atoms with van der Waals surface area (Å²) in [4.78, 5) is 26.1. The van der Waals surface area contributed by atoms with Gasteiger partial charge >= 0.3 is 0 Å². The fraction of sp³-hybridized carbons (Fsp3) is 0.318. The molecular weight excluding hydrogens is 478 g/mol. The van der Waals surface area contributed by atoms with Crippen molar-refractivity contribution in [2.24, 2.45) is 0 Å². The van der Waals surface area contributed by atoms with Crippen LogP contribution in [-0.2, 0) is 6.54 Å². The Morgan fingerprint density at radius 1 is 1.09 bits per heavy atom. The lowest BCUT2D eigenvalue weighted by Crippen LogP contribution is -2.45. The third-order valence-electron chi connectivity index (χ3n) is 5.85. The Hall–Kier alpha value is -3.11. The van der Waals surface area contributed by atoms with Gasteiger partial charge in [-0.25, -0.2) is 4.68 Å². The topological polar surface area (TPSA) is 110 Å². The number of carbonyl (C=O) groups excluding carboxylic acids is 2. The van der Waals surface area contributed by atoms with E-state index in [9.17, 15) is 14.7 Å². The minimum Gasteiger partial charge on any atom is -0.486 e. The van der Waals surface area contributed by atoms with Gasteiger partial charge in [0, 0.05) is 17.7 Å². The molecule has 2 amide bonds. The number of fused-ring (bicyclic) bond motifs is 2. The van der Waals surface area contributed by atoms with Gasteiger partial charge in [0.05, 0.1) is 28.6 Å². The number of aromatic nitrogens is 4. The van der Waals surface area contributed by atoms with Crippen LogP contribution in [0.5, 0.6) is 5.75 Å². The van der Waals surface area contributed by atoms with Crippen LogP contribution in [0.4, 0.5) is 0 Å². The molecule has 0 saturated carbocycles. The SMILES string of the molecule is CC1(C)Oc2ccc(-c3nnnn3CCN3C(=O)c4ccccc4C3=O)cc2[C@@H](O)[C@@H]1Br. The second-order valence-corrected chi connectivity index (χ2v) is 9.32. The second kappa shape index (κ2) is 7.49. The summed E-state index contributed by atoms with van der Waals surface area (Å²) in [7, 11) is 0. The van der Waals surface area contributed by atoms with E-state index in [-0.39, 0.29) is 29.7 Å². The van der Waals surface area contributed by atoms with Gasteiger partial charge in [0.2, 0.25) is 0 Å². The number of amides is 2. The summed E-state index contributed by atoms with van der Waals surface area (Å²) >= 11 is 3.53. The average Bonchev–Trinajstić information content (AvgIpc) is 3.34. The van der Waals surface area contributed by atoms with Gasteiger partial charge < -0.3 is 9.84 Å². The molecule has 0 unspecified atom stereocenters. The zero-order valence-electron chi connectivity index (χ0n) is 17.4. The van der Waals surface area contributed by atoms with E-state index in [1.54, 1.807) is 36.4 Å². The molecule has 1 N–H and O–H groups in total. The molecule has 32 heavy (non-hydrogen) atoms. The van der Waals surface area contributed by atoms with Gasteiger partial charge in [0.25, 0.3) is 11.8 Å². The van der Waals surface area contributed by atoms with Crippen LogP contribution in [0.2, 0.25) is 0 Å². The molecule has 10 heteroatoms. The molecule has 5 rings (SSSR count). The minimum absolute atomic E-state index is 0.138. The Morgan fingerprint density at radius 3 is 2.47 bits per heavy atom. The smallest absolute Gasteiger partial charge is 0.261 e. The molecule has 0 bridgehead atoms. The van der Waals surface area contributed by atoms with Gasteiger partial charge in [0.15, 0.2) is 5.82 Å². The van der Waals surface area contributed by atoms with Crippen molar-refractivity contribution in [1.82, 2.24) is 25.1 Å². The quantitative estimate of drug-likeness (QED) is 0.435. The summed E-state index contributed by atoms with van der Waals surface area (Å²) in [5.74, 6) is 0.431. The van der Waals surface area contributed by atoms with E-state index >= 15 is 0 Å². The zero-order chi connectivity index (χ0) is 22.6. The molecule has 9 nitrogen and oxygen atoms in total. The van der Waals surface area contributed by atoms with E-state index in [0.717, 1.165) is 0 Å². The van der Waals surface area contributed by atoms with Crippen LogP contribution >= 0.6 is 15.9 Å². The Balaban J connectivity index is 1.39. The van der Waals surface area contributed by atoms with Gasteiger partial charge in [-0.15, -0.1) is 5.10 Å². The molecule has 0 radical (unpaired) electrons. The highest BCUT2D eigenvalue weighted by Crippen LogP contribution is 2.44. The third-order valence-corrected chi connectivity index (χ3v) is 7.45. The lowest BCUT2D eigenvalue weighted by molar-refractivity contribution is 0.0226. The van der Waals surface area contributed by atoms with Crippen molar-refractivity contribution in [2.45, 2.75) is 36.9 Å². The minimum atomic E-state index is -0.767. The van der Waals surface area contributed by atoms with E-state index in [1.807, 2.05) is 19.9 Å². The first-order valence-electron chi connectivity index (χ1n) is 10.1. The lowest BCUT2D eigenvalue weighted by Gasteiger charge is -2.40. The van der Waals surface area contributed by atoms with Crippen LogP contribution in [0.15, 0.2) is 42.5 Å². The van der Waals surface area contributed by atoms with E-state index in [4.69, 9.17) is 4.74 Å². The van der Waals surface area contributed by atoms with Crippen molar-refractivity contribution in [3.05, 3.63) is 59.2 Å². The number of hydrogen-bond donors (Lipinski definition) is 1. The van der Waals surface area contributed by atoms with Crippen molar-refractivity contribution in [1.29, 1.82) is 0 Å². The summed E-state index contributed by atoms with van der Waals surface area (Å²) in [5, 5.41) is 22.7. The van der Waals surface area contributed by atoms with Crippen molar-refractivity contribution >= 4 is 27.7 Å². The third kappa shape index (κ3) is 3.21. The zero-order valence-corrected chi connectivity index (χ0v) is 19.0. The normalized spacial score (nSPS) is 21.3. The molecule has 2 atom stereocenters. The fourth-order valence-electron chi connectivity index (χ4n) is 4.09. The Labute approximate surface area is 192 Å². The molecule has 3 heterocycles.